The summed E-state index contributed by atoms with van der Waals surface area (Å²) < 4.78 is 7.16. The predicted molar refractivity (Wildman–Crippen MR) is 79.9 cm³/mol. The van der Waals surface area contributed by atoms with Gasteiger partial charge in [0.25, 0.3) is 0 Å². The monoisotopic (exact) mass is 309 g/mol. The molecular weight excluding hydrogens is 290 g/mol. The van der Waals surface area contributed by atoms with Crippen molar-refractivity contribution in [1.29, 1.82) is 0 Å². The molecule has 18 heavy (non-hydrogen) atoms. The van der Waals surface area contributed by atoms with Crippen LogP contribution in [0.5, 0.6) is 0 Å². The van der Waals surface area contributed by atoms with E-state index in [2.05, 4.69) is 67.1 Å². The molecule has 1 aromatic carbocycles. The molecule has 0 radical (unpaired) electrons. The van der Waals surface area contributed by atoms with Crippen molar-refractivity contribution in [2.45, 2.75) is 33.7 Å². The lowest BCUT2D eigenvalue weighted by Crippen LogP contribution is -2.24. The Kier molecular flexibility index (Phi) is 4.13. The van der Waals surface area contributed by atoms with E-state index in [1.165, 1.54) is 5.56 Å². The first-order chi connectivity index (χ1) is 8.54. The highest BCUT2D eigenvalue weighted by Crippen LogP contribution is 2.33. The van der Waals surface area contributed by atoms with E-state index in [1.54, 1.807) is 0 Å². The predicted octanol–water partition coefficient (Wildman–Crippen LogP) is 4.81. The zero-order valence-corrected chi connectivity index (χ0v) is 13.0. The summed E-state index contributed by atoms with van der Waals surface area (Å²) >= 11 is 3.59. The van der Waals surface area contributed by atoms with E-state index >= 15 is 0 Å². The van der Waals surface area contributed by atoms with Crippen LogP contribution in [0.1, 0.15) is 38.1 Å². The van der Waals surface area contributed by atoms with Crippen molar-refractivity contribution < 1.29 is 4.42 Å². The number of halogens is 1. The molecule has 1 atom stereocenters. The van der Waals surface area contributed by atoms with E-state index in [1.807, 2.05) is 0 Å². The van der Waals surface area contributed by atoms with Crippen molar-refractivity contribution in [3.8, 4) is 0 Å². The third-order valence-corrected chi connectivity index (χ3v) is 3.93. The Balaban J connectivity index is 2.52. The Morgan fingerprint density at radius 3 is 2.61 bits per heavy atom. The van der Waals surface area contributed by atoms with Crippen LogP contribution in [0.15, 0.2) is 27.1 Å². The molecule has 3 heteroatoms. The van der Waals surface area contributed by atoms with Gasteiger partial charge in [-0.15, -0.1) is 0 Å². The molecule has 1 aromatic heterocycles. The van der Waals surface area contributed by atoms with E-state index in [0.29, 0.717) is 5.92 Å². The molecule has 2 rings (SSSR count). The summed E-state index contributed by atoms with van der Waals surface area (Å²) in [5.41, 5.74) is 2.17. The number of fused-ring (bicyclic) bond motifs is 1. The van der Waals surface area contributed by atoms with Crippen molar-refractivity contribution in [2.75, 3.05) is 6.54 Å². The van der Waals surface area contributed by atoms with Crippen LogP contribution in [0.25, 0.3) is 11.0 Å². The third-order valence-electron chi connectivity index (χ3n) is 3.24. The maximum absolute atomic E-state index is 6.06. The summed E-state index contributed by atoms with van der Waals surface area (Å²) in [7, 11) is 0. The van der Waals surface area contributed by atoms with Gasteiger partial charge in [-0.3, -0.25) is 0 Å². The van der Waals surface area contributed by atoms with Gasteiger partial charge in [-0.1, -0.05) is 42.8 Å². The fourth-order valence-corrected chi connectivity index (χ4v) is 2.71. The SMILES string of the molecule is CCNC(c1cc2c(Br)ccc(C)c2o1)C(C)C. The van der Waals surface area contributed by atoms with Crippen LogP contribution < -0.4 is 5.32 Å². The maximum atomic E-state index is 6.06. The third kappa shape index (κ3) is 2.47. The van der Waals surface area contributed by atoms with Gasteiger partial charge in [0.05, 0.1) is 6.04 Å². The summed E-state index contributed by atoms with van der Waals surface area (Å²) in [6, 6.07) is 6.58. The number of rotatable bonds is 4. The molecule has 1 heterocycles. The average Bonchev–Trinajstić information content (AvgIpc) is 2.76. The van der Waals surface area contributed by atoms with E-state index in [9.17, 15) is 0 Å². The Morgan fingerprint density at radius 1 is 1.33 bits per heavy atom. The van der Waals surface area contributed by atoms with Gasteiger partial charge >= 0.3 is 0 Å². The summed E-state index contributed by atoms with van der Waals surface area (Å²) in [6.07, 6.45) is 0. The van der Waals surface area contributed by atoms with Gasteiger partial charge in [0.15, 0.2) is 0 Å². The summed E-state index contributed by atoms with van der Waals surface area (Å²) in [5.74, 6) is 1.53. The van der Waals surface area contributed by atoms with Crippen LogP contribution in [-0.2, 0) is 0 Å². The number of furan rings is 1. The van der Waals surface area contributed by atoms with Crippen LogP contribution in [0.2, 0.25) is 0 Å². The summed E-state index contributed by atoms with van der Waals surface area (Å²) in [4.78, 5) is 0. The molecule has 0 bridgehead atoms. The molecule has 2 aromatic rings. The van der Waals surface area contributed by atoms with Gasteiger partial charge in [0.1, 0.15) is 11.3 Å². The number of hydrogen-bond donors (Lipinski definition) is 1. The van der Waals surface area contributed by atoms with Crippen molar-refractivity contribution in [1.82, 2.24) is 5.32 Å². The highest BCUT2D eigenvalue weighted by Gasteiger charge is 2.20. The van der Waals surface area contributed by atoms with Crippen LogP contribution in [0.3, 0.4) is 0 Å². The van der Waals surface area contributed by atoms with Crippen LogP contribution in [0.4, 0.5) is 0 Å². The maximum Gasteiger partial charge on any atom is 0.138 e. The Hall–Kier alpha value is -0.800. The number of nitrogens with one attached hydrogen (secondary N) is 1. The van der Waals surface area contributed by atoms with E-state index in [0.717, 1.165) is 27.7 Å². The number of aryl methyl sites for hydroxylation is 1. The van der Waals surface area contributed by atoms with E-state index < -0.39 is 0 Å². The van der Waals surface area contributed by atoms with Gasteiger partial charge in [-0.2, -0.15) is 0 Å². The Labute approximate surface area is 117 Å². The second kappa shape index (κ2) is 5.45. The molecule has 0 saturated carbocycles. The minimum Gasteiger partial charge on any atom is -0.459 e. The minimum atomic E-state index is 0.272. The Bertz CT molecular complexity index is 506. The first kappa shape index (κ1) is 13.6. The van der Waals surface area contributed by atoms with E-state index in [4.69, 9.17) is 4.42 Å². The van der Waals surface area contributed by atoms with Crippen molar-refractivity contribution in [2.24, 2.45) is 5.92 Å². The fourth-order valence-electron chi connectivity index (χ4n) is 2.28. The summed E-state index contributed by atoms with van der Waals surface area (Å²) in [5, 5.41) is 4.65. The molecule has 0 amide bonds. The average molecular weight is 310 g/mol. The first-order valence-corrected chi connectivity index (χ1v) is 7.25. The standard InChI is InChI=1S/C15H20BrNO/c1-5-17-14(9(2)3)13-8-11-12(16)7-6-10(4)15(11)18-13/h6-9,14,17H,5H2,1-4H3. The quantitative estimate of drug-likeness (QED) is 0.876. The Morgan fingerprint density at radius 2 is 2.06 bits per heavy atom. The molecule has 1 unspecified atom stereocenters. The lowest BCUT2D eigenvalue weighted by atomic mass is 10.0. The van der Waals surface area contributed by atoms with Gasteiger partial charge in [-0.05, 0) is 37.1 Å². The lowest BCUT2D eigenvalue weighted by molar-refractivity contribution is 0.356. The minimum absolute atomic E-state index is 0.272. The van der Waals surface area contributed by atoms with Crippen molar-refractivity contribution in [3.05, 3.63) is 34.0 Å². The smallest absolute Gasteiger partial charge is 0.138 e. The first-order valence-electron chi connectivity index (χ1n) is 6.46. The van der Waals surface area contributed by atoms with Gasteiger partial charge < -0.3 is 9.73 Å². The largest absolute Gasteiger partial charge is 0.459 e. The molecule has 0 aliphatic carbocycles. The van der Waals surface area contributed by atoms with Gasteiger partial charge in [0.2, 0.25) is 0 Å². The van der Waals surface area contributed by atoms with E-state index in [-0.39, 0.29) is 6.04 Å². The molecule has 0 aliphatic heterocycles. The normalized spacial score (nSPS) is 13.4. The zero-order chi connectivity index (χ0) is 13.3. The van der Waals surface area contributed by atoms with Crippen molar-refractivity contribution in [3.63, 3.8) is 0 Å². The lowest BCUT2D eigenvalue weighted by Gasteiger charge is -2.19. The summed E-state index contributed by atoms with van der Waals surface area (Å²) in [6.45, 7) is 9.57. The number of hydrogen-bond acceptors (Lipinski definition) is 2. The van der Waals surface area contributed by atoms with Gasteiger partial charge in [-0.25, -0.2) is 0 Å². The molecule has 0 saturated heterocycles. The molecule has 2 nitrogen and oxygen atoms in total. The molecule has 0 fully saturated rings. The van der Waals surface area contributed by atoms with Gasteiger partial charge in [0, 0.05) is 9.86 Å². The molecule has 98 valence electrons. The molecule has 0 spiro atoms. The van der Waals surface area contributed by atoms with Crippen LogP contribution in [0, 0.1) is 12.8 Å². The fraction of sp³-hybridized carbons (Fsp3) is 0.467. The molecule has 0 aliphatic rings. The second-order valence-corrected chi connectivity index (χ2v) is 5.89. The van der Waals surface area contributed by atoms with Crippen molar-refractivity contribution >= 4 is 26.9 Å². The molecule has 1 N–H and O–H groups in total. The highest BCUT2D eigenvalue weighted by atomic mass is 79.9. The number of benzene rings is 1. The second-order valence-electron chi connectivity index (χ2n) is 5.04. The molecular formula is C15H20BrNO. The zero-order valence-electron chi connectivity index (χ0n) is 11.4. The topological polar surface area (TPSA) is 25.2 Å². The highest BCUT2D eigenvalue weighted by molar-refractivity contribution is 9.10. The van der Waals surface area contributed by atoms with Crippen LogP contribution >= 0.6 is 15.9 Å². The van der Waals surface area contributed by atoms with Crippen LogP contribution in [-0.4, -0.2) is 6.54 Å².